The van der Waals surface area contributed by atoms with Gasteiger partial charge in [-0.1, -0.05) is 26.0 Å². The van der Waals surface area contributed by atoms with E-state index < -0.39 is 60.2 Å². The molecule has 0 aliphatic rings. The summed E-state index contributed by atoms with van der Waals surface area (Å²) in [6, 6.07) is 1.23. The van der Waals surface area contributed by atoms with E-state index in [9.17, 15) is 29.1 Å². The van der Waals surface area contributed by atoms with Gasteiger partial charge in [-0.2, -0.15) is 0 Å². The van der Waals surface area contributed by atoms with Gasteiger partial charge < -0.3 is 37.6 Å². The predicted octanol–water partition coefficient (Wildman–Crippen LogP) is -1.26. The van der Waals surface area contributed by atoms with Gasteiger partial charge in [-0.15, -0.1) is 0 Å². The number of rotatable bonds is 13. The molecule has 0 aliphatic carbocycles. The summed E-state index contributed by atoms with van der Waals surface area (Å²) in [5.41, 5.74) is 11.3. The van der Waals surface area contributed by atoms with Crippen LogP contribution in [0.4, 0.5) is 0 Å². The second-order valence-electron chi connectivity index (χ2n) is 8.47. The summed E-state index contributed by atoms with van der Waals surface area (Å²) in [6.07, 6.45) is -0.224. The lowest BCUT2D eigenvalue weighted by molar-refractivity contribution is -0.141. The number of hydrogen-bond donors (Lipinski definition) is 7. The third kappa shape index (κ3) is 9.86. The van der Waals surface area contributed by atoms with Crippen LogP contribution in [0.1, 0.15) is 39.2 Å². The maximum atomic E-state index is 13.1. The molecule has 4 unspecified atom stereocenters. The lowest BCUT2D eigenvalue weighted by Gasteiger charge is -2.25. The van der Waals surface area contributed by atoms with Crippen molar-refractivity contribution in [2.75, 3.05) is 0 Å². The molecular formula is C22H33N5O7. The van der Waals surface area contributed by atoms with Gasteiger partial charge in [0, 0.05) is 6.42 Å². The molecule has 0 radical (unpaired) electrons. The third-order valence-electron chi connectivity index (χ3n) is 4.84. The smallest absolute Gasteiger partial charge is 0.325 e. The standard InChI is InChI=1S/C22H33N5O7/c1-11(2)8-16(20(31)25-12(3)22(33)34)27-21(32)17(9-13-4-6-14(28)7-5-13)26-19(30)15(23)10-18(24)29/h4-7,11-12,15-17,28H,8-10,23H2,1-3H3,(H2,24,29)(H,25,31)(H,26,30)(H,27,32)(H,33,34). The van der Waals surface area contributed by atoms with Crippen LogP contribution in [0.25, 0.3) is 0 Å². The number of carboxylic acids is 1. The lowest BCUT2D eigenvalue weighted by atomic mass is 10.0. The highest BCUT2D eigenvalue weighted by Crippen LogP contribution is 2.12. The van der Waals surface area contributed by atoms with Gasteiger partial charge in [0.1, 0.15) is 23.9 Å². The van der Waals surface area contributed by atoms with Gasteiger partial charge in [0.2, 0.25) is 23.6 Å². The van der Waals surface area contributed by atoms with Crippen LogP contribution in [0.15, 0.2) is 24.3 Å². The maximum absolute atomic E-state index is 13.1. The van der Waals surface area contributed by atoms with E-state index in [0.29, 0.717) is 5.56 Å². The van der Waals surface area contributed by atoms with Gasteiger partial charge in [-0.05, 0) is 37.0 Å². The van der Waals surface area contributed by atoms with Crippen LogP contribution in [-0.2, 0) is 30.4 Å². The molecule has 9 N–H and O–H groups in total. The number of amides is 4. The van der Waals surface area contributed by atoms with Crippen molar-refractivity contribution in [3.8, 4) is 5.75 Å². The number of benzene rings is 1. The van der Waals surface area contributed by atoms with Gasteiger partial charge in [-0.25, -0.2) is 0 Å². The summed E-state index contributed by atoms with van der Waals surface area (Å²) in [7, 11) is 0. The summed E-state index contributed by atoms with van der Waals surface area (Å²) >= 11 is 0. The number of nitrogens with two attached hydrogens (primary N) is 2. The Kier molecular flexibility index (Phi) is 11.0. The molecule has 1 aromatic carbocycles. The molecule has 4 atom stereocenters. The number of aromatic hydroxyl groups is 1. The number of carboxylic acid groups (broad SMARTS) is 1. The van der Waals surface area contributed by atoms with Crippen molar-refractivity contribution in [1.82, 2.24) is 16.0 Å². The summed E-state index contributed by atoms with van der Waals surface area (Å²) < 4.78 is 0. The fourth-order valence-corrected chi connectivity index (χ4v) is 3.02. The molecule has 1 rings (SSSR count). The normalized spacial score (nSPS) is 14.4. The van der Waals surface area contributed by atoms with E-state index in [1.165, 1.54) is 19.1 Å². The van der Waals surface area contributed by atoms with Crippen LogP contribution in [-0.4, -0.2) is 64.0 Å². The molecule has 0 fully saturated rings. The third-order valence-corrected chi connectivity index (χ3v) is 4.84. The zero-order valence-corrected chi connectivity index (χ0v) is 19.4. The largest absolute Gasteiger partial charge is 0.508 e. The highest BCUT2D eigenvalue weighted by atomic mass is 16.4. The van der Waals surface area contributed by atoms with Crippen molar-refractivity contribution in [1.29, 1.82) is 0 Å². The maximum Gasteiger partial charge on any atom is 0.325 e. The summed E-state index contributed by atoms with van der Waals surface area (Å²) in [5.74, 6) is -4.22. The van der Waals surface area contributed by atoms with Gasteiger partial charge >= 0.3 is 5.97 Å². The van der Waals surface area contributed by atoms with E-state index in [0.717, 1.165) is 0 Å². The van der Waals surface area contributed by atoms with E-state index >= 15 is 0 Å². The zero-order valence-electron chi connectivity index (χ0n) is 19.4. The van der Waals surface area contributed by atoms with Crippen molar-refractivity contribution in [2.45, 2.75) is 64.2 Å². The summed E-state index contributed by atoms with van der Waals surface area (Å²) in [5, 5.41) is 25.9. The number of carbonyl (C=O) groups is 5. The van der Waals surface area contributed by atoms with Crippen molar-refractivity contribution in [2.24, 2.45) is 17.4 Å². The number of phenols is 1. The van der Waals surface area contributed by atoms with Crippen LogP contribution in [0.2, 0.25) is 0 Å². The molecule has 0 saturated heterocycles. The molecule has 4 amide bonds. The minimum Gasteiger partial charge on any atom is -0.508 e. The molecule has 12 nitrogen and oxygen atoms in total. The molecule has 0 aromatic heterocycles. The molecule has 12 heteroatoms. The van der Waals surface area contributed by atoms with Crippen molar-refractivity contribution < 1.29 is 34.2 Å². The summed E-state index contributed by atoms with van der Waals surface area (Å²) in [6.45, 7) is 4.94. The summed E-state index contributed by atoms with van der Waals surface area (Å²) in [4.78, 5) is 60.4. The number of carbonyl (C=O) groups excluding carboxylic acids is 4. The van der Waals surface area contributed by atoms with E-state index in [1.54, 1.807) is 12.1 Å². The fraction of sp³-hybridized carbons (Fsp3) is 0.500. The Bertz CT molecular complexity index is 888. The first-order chi connectivity index (χ1) is 15.8. The molecule has 1 aromatic rings. The predicted molar refractivity (Wildman–Crippen MR) is 122 cm³/mol. The molecule has 188 valence electrons. The van der Waals surface area contributed by atoms with Crippen LogP contribution < -0.4 is 27.4 Å². The highest BCUT2D eigenvalue weighted by molar-refractivity contribution is 5.95. The molecule has 0 saturated carbocycles. The Morgan fingerprint density at radius 3 is 1.91 bits per heavy atom. The highest BCUT2D eigenvalue weighted by Gasteiger charge is 2.30. The molecule has 34 heavy (non-hydrogen) atoms. The van der Waals surface area contributed by atoms with Crippen LogP contribution >= 0.6 is 0 Å². The number of phenolic OH excluding ortho intramolecular Hbond substituents is 1. The molecule has 0 heterocycles. The number of nitrogens with one attached hydrogen (secondary N) is 3. The number of primary amides is 1. The first-order valence-electron chi connectivity index (χ1n) is 10.8. The minimum atomic E-state index is -1.28. The molecular weight excluding hydrogens is 446 g/mol. The lowest BCUT2D eigenvalue weighted by Crippen LogP contribution is -2.57. The minimum absolute atomic E-state index is 0.0112. The zero-order chi connectivity index (χ0) is 26.0. The van der Waals surface area contributed by atoms with E-state index in [2.05, 4.69) is 16.0 Å². The monoisotopic (exact) mass is 479 g/mol. The quantitative estimate of drug-likeness (QED) is 0.181. The van der Waals surface area contributed by atoms with Crippen molar-refractivity contribution in [3.05, 3.63) is 29.8 Å². The topological polar surface area (TPSA) is 214 Å². The second-order valence-corrected chi connectivity index (χ2v) is 8.47. The van der Waals surface area contributed by atoms with Crippen LogP contribution in [0.5, 0.6) is 5.75 Å². The Morgan fingerprint density at radius 1 is 0.882 bits per heavy atom. The first kappa shape index (κ1) is 28.4. The van der Waals surface area contributed by atoms with Crippen molar-refractivity contribution >= 4 is 29.6 Å². The van der Waals surface area contributed by atoms with Gasteiger partial charge in [-0.3, -0.25) is 24.0 Å². The van der Waals surface area contributed by atoms with Gasteiger partial charge in [0.25, 0.3) is 0 Å². The van der Waals surface area contributed by atoms with Crippen LogP contribution in [0.3, 0.4) is 0 Å². The van der Waals surface area contributed by atoms with E-state index in [4.69, 9.17) is 16.6 Å². The Labute approximate surface area is 197 Å². The SMILES string of the molecule is CC(C)CC(NC(=O)C(Cc1ccc(O)cc1)NC(=O)C(N)CC(N)=O)C(=O)NC(C)C(=O)O. The Hall–Kier alpha value is -3.67. The number of aliphatic carboxylic acids is 1. The van der Waals surface area contributed by atoms with Gasteiger partial charge in [0.05, 0.1) is 12.5 Å². The van der Waals surface area contributed by atoms with E-state index in [1.807, 2.05) is 13.8 Å². The Balaban J connectivity index is 3.10. The molecule has 0 bridgehead atoms. The Morgan fingerprint density at radius 2 is 1.41 bits per heavy atom. The van der Waals surface area contributed by atoms with Crippen molar-refractivity contribution in [3.63, 3.8) is 0 Å². The fourth-order valence-electron chi connectivity index (χ4n) is 3.02. The van der Waals surface area contributed by atoms with Gasteiger partial charge in [0.15, 0.2) is 0 Å². The number of hydrogen-bond acceptors (Lipinski definition) is 7. The first-order valence-corrected chi connectivity index (χ1v) is 10.8. The average molecular weight is 480 g/mol. The average Bonchev–Trinajstić information content (AvgIpc) is 2.73. The second kappa shape index (κ2) is 13.1. The molecule has 0 aliphatic heterocycles. The van der Waals surface area contributed by atoms with E-state index in [-0.39, 0.29) is 24.5 Å². The van der Waals surface area contributed by atoms with Crippen LogP contribution in [0, 0.1) is 5.92 Å². The molecule has 0 spiro atoms.